The predicted octanol–water partition coefficient (Wildman–Crippen LogP) is 3.93. The van der Waals surface area contributed by atoms with Gasteiger partial charge in [0, 0.05) is 16.3 Å². The fourth-order valence-corrected chi connectivity index (χ4v) is 3.44. The highest BCUT2D eigenvalue weighted by atomic mass is 32.1. The third kappa shape index (κ3) is 3.92. The average Bonchev–Trinajstić information content (AvgIpc) is 2.88. The standard InChI is InChI=1S/C17H24N2S/c1-13(9-10-18)16-7-8-17(20-16)15-6-4-5-14(11-15)12-19(2)3/h4-8,11,13H,9-10,12,18H2,1-3H3. The Morgan fingerprint density at radius 1 is 1.20 bits per heavy atom. The number of nitrogens with two attached hydrogens (primary N) is 1. The molecule has 0 amide bonds. The monoisotopic (exact) mass is 288 g/mol. The summed E-state index contributed by atoms with van der Waals surface area (Å²) in [6.45, 7) is 3.99. The smallest absolute Gasteiger partial charge is 0.0345 e. The second-order valence-corrected chi connectivity index (χ2v) is 6.73. The van der Waals surface area contributed by atoms with Gasteiger partial charge in [-0.2, -0.15) is 0 Å². The Hall–Kier alpha value is -1.16. The Balaban J connectivity index is 2.19. The van der Waals surface area contributed by atoms with Crippen molar-refractivity contribution in [3.8, 4) is 10.4 Å². The quantitative estimate of drug-likeness (QED) is 0.872. The third-order valence-corrected chi connectivity index (χ3v) is 4.79. The molecule has 3 heteroatoms. The van der Waals surface area contributed by atoms with Gasteiger partial charge in [0.25, 0.3) is 0 Å². The van der Waals surface area contributed by atoms with E-state index in [1.165, 1.54) is 20.9 Å². The molecule has 1 aromatic carbocycles. The van der Waals surface area contributed by atoms with Gasteiger partial charge in [0.05, 0.1) is 0 Å². The van der Waals surface area contributed by atoms with Crippen molar-refractivity contribution in [2.75, 3.05) is 20.6 Å². The minimum Gasteiger partial charge on any atom is -0.330 e. The zero-order valence-electron chi connectivity index (χ0n) is 12.6. The SMILES string of the molecule is CC(CCN)c1ccc(-c2cccc(CN(C)C)c2)s1. The molecular weight excluding hydrogens is 264 g/mol. The zero-order chi connectivity index (χ0) is 14.5. The second-order valence-electron chi connectivity index (χ2n) is 5.62. The summed E-state index contributed by atoms with van der Waals surface area (Å²) in [5, 5.41) is 0. The van der Waals surface area contributed by atoms with Crippen LogP contribution in [0.1, 0.15) is 29.7 Å². The minimum absolute atomic E-state index is 0.559. The van der Waals surface area contributed by atoms with E-state index in [0.717, 1.165) is 19.5 Å². The number of hydrogen-bond donors (Lipinski definition) is 1. The van der Waals surface area contributed by atoms with Crippen molar-refractivity contribution in [2.24, 2.45) is 5.73 Å². The Kier molecular flexibility index (Phi) is 5.35. The van der Waals surface area contributed by atoms with Crippen LogP contribution in [0.15, 0.2) is 36.4 Å². The first-order chi connectivity index (χ1) is 9.60. The van der Waals surface area contributed by atoms with Crippen LogP contribution in [0.2, 0.25) is 0 Å². The molecule has 1 aromatic heterocycles. The predicted molar refractivity (Wildman–Crippen MR) is 89.2 cm³/mol. The van der Waals surface area contributed by atoms with E-state index in [4.69, 9.17) is 5.73 Å². The largest absolute Gasteiger partial charge is 0.330 e. The number of thiophene rings is 1. The second kappa shape index (κ2) is 7.02. The van der Waals surface area contributed by atoms with Gasteiger partial charge < -0.3 is 10.6 Å². The van der Waals surface area contributed by atoms with Crippen LogP contribution in [0.3, 0.4) is 0 Å². The number of nitrogens with zero attached hydrogens (tertiary/aromatic N) is 1. The number of benzene rings is 1. The van der Waals surface area contributed by atoms with Crippen molar-refractivity contribution < 1.29 is 0 Å². The first-order valence-corrected chi connectivity index (χ1v) is 7.95. The molecule has 0 radical (unpaired) electrons. The molecule has 0 aliphatic carbocycles. The van der Waals surface area contributed by atoms with Crippen LogP contribution in [-0.2, 0) is 6.54 Å². The maximum absolute atomic E-state index is 5.65. The summed E-state index contributed by atoms with van der Waals surface area (Å²) in [7, 11) is 4.20. The molecule has 0 aliphatic rings. The maximum Gasteiger partial charge on any atom is 0.0345 e. The summed E-state index contributed by atoms with van der Waals surface area (Å²) < 4.78 is 0. The van der Waals surface area contributed by atoms with E-state index in [0.29, 0.717) is 5.92 Å². The Morgan fingerprint density at radius 3 is 2.70 bits per heavy atom. The molecule has 2 aromatic rings. The lowest BCUT2D eigenvalue weighted by atomic mass is 10.1. The molecule has 108 valence electrons. The van der Waals surface area contributed by atoms with Gasteiger partial charge >= 0.3 is 0 Å². The number of hydrogen-bond acceptors (Lipinski definition) is 3. The lowest BCUT2D eigenvalue weighted by molar-refractivity contribution is 0.402. The molecule has 0 fully saturated rings. The molecule has 0 saturated heterocycles. The van der Waals surface area contributed by atoms with Crippen LogP contribution in [0, 0.1) is 0 Å². The lowest BCUT2D eigenvalue weighted by Crippen LogP contribution is -2.10. The summed E-state index contributed by atoms with van der Waals surface area (Å²) in [4.78, 5) is 4.98. The molecule has 2 rings (SSSR count). The van der Waals surface area contributed by atoms with E-state index in [1.807, 2.05) is 11.3 Å². The van der Waals surface area contributed by atoms with Crippen LogP contribution < -0.4 is 5.73 Å². The molecule has 1 heterocycles. The summed E-state index contributed by atoms with van der Waals surface area (Å²) in [6.07, 6.45) is 1.06. The van der Waals surface area contributed by atoms with Crippen molar-refractivity contribution in [1.82, 2.24) is 4.90 Å². The van der Waals surface area contributed by atoms with E-state index < -0.39 is 0 Å². The van der Waals surface area contributed by atoms with Crippen LogP contribution in [-0.4, -0.2) is 25.5 Å². The summed E-state index contributed by atoms with van der Waals surface area (Å²) in [6, 6.07) is 13.3. The van der Waals surface area contributed by atoms with Crippen molar-refractivity contribution in [3.05, 3.63) is 46.8 Å². The third-order valence-electron chi connectivity index (χ3n) is 3.42. The van der Waals surface area contributed by atoms with E-state index in [-0.39, 0.29) is 0 Å². The van der Waals surface area contributed by atoms with Gasteiger partial charge in [-0.05, 0) is 62.3 Å². The van der Waals surface area contributed by atoms with Gasteiger partial charge in [-0.3, -0.25) is 0 Å². The van der Waals surface area contributed by atoms with E-state index in [1.54, 1.807) is 0 Å². The van der Waals surface area contributed by atoms with Gasteiger partial charge in [-0.15, -0.1) is 11.3 Å². The van der Waals surface area contributed by atoms with Gasteiger partial charge in [-0.1, -0.05) is 25.1 Å². The first kappa shape index (κ1) is 15.2. The highest BCUT2D eigenvalue weighted by molar-refractivity contribution is 7.15. The first-order valence-electron chi connectivity index (χ1n) is 7.14. The number of rotatable bonds is 6. The van der Waals surface area contributed by atoms with Crippen molar-refractivity contribution in [1.29, 1.82) is 0 Å². The van der Waals surface area contributed by atoms with Crippen LogP contribution >= 0.6 is 11.3 Å². The van der Waals surface area contributed by atoms with Crippen LogP contribution in [0.4, 0.5) is 0 Å². The Morgan fingerprint density at radius 2 is 2.00 bits per heavy atom. The minimum atomic E-state index is 0.559. The molecule has 20 heavy (non-hydrogen) atoms. The molecular formula is C17H24N2S. The molecule has 0 saturated carbocycles. The Labute approximate surface area is 126 Å². The summed E-state index contributed by atoms with van der Waals surface area (Å²) in [5.41, 5.74) is 8.33. The Bertz CT molecular complexity index is 545. The van der Waals surface area contributed by atoms with Gasteiger partial charge in [0.15, 0.2) is 0 Å². The van der Waals surface area contributed by atoms with E-state index in [9.17, 15) is 0 Å². The summed E-state index contributed by atoms with van der Waals surface area (Å²) >= 11 is 1.89. The van der Waals surface area contributed by atoms with E-state index >= 15 is 0 Å². The molecule has 0 bridgehead atoms. The highest BCUT2D eigenvalue weighted by Crippen LogP contribution is 2.33. The molecule has 0 aliphatic heterocycles. The topological polar surface area (TPSA) is 29.3 Å². The van der Waals surface area contributed by atoms with Crippen LogP contribution in [0.25, 0.3) is 10.4 Å². The molecule has 2 nitrogen and oxygen atoms in total. The fourth-order valence-electron chi connectivity index (χ4n) is 2.35. The highest BCUT2D eigenvalue weighted by Gasteiger charge is 2.09. The van der Waals surface area contributed by atoms with Crippen molar-refractivity contribution >= 4 is 11.3 Å². The van der Waals surface area contributed by atoms with Gasteiger partial charge in [0.2, 0.25) is 0 Å². The normalized spacial score (nSPS) is 12.8. The van der Waals surface area contributed by atoms with E-state index in [2.05, 4.69) is 62.3 Å². The van der Waals surface area contributed by atoms with Gasteiger partial charge in [0.1, 0.15) is 0 Å². The molecule has 0 spiro atoms. The maximum atomic E-state index is 5.65. The van der Waals surface area contributed by atoms with Gasteiger partial charge in [-0.25, -0.2) is 0 Å². The molecule has 2 N–H and O–H groups in total. The zero-order valence-corrected chi connectivity index (χ0v) is 13.4. The van der Waals surface area contributed by atoms with Crippen molar-refractivity contribution in [3.63, 3.8) is 0 Å². The lowest BCUT2D eigenvalue weighted by Gasteiger charge is -2.10. The summed E-state index contributed by atoms with van der Waals surface area (Å²) in [5.74, 6) is 0.559. The average molecular weight is 288 g/mol. The van der Waals surface area contributed by atoms with Crippen LogP contribution in [0.5, 0.6) is 0 Å². The molecule has 1 atom stereocenters. The van der Waals surface area contributed by atoms with Crippen molar-refractivity contribution in [2.45, 2.75) is 25.8 Å². The molecule has 1 unspecified atom stereocenters. The fraction of sp³-hybridized carbons (Fsp3) is 0.412.